The zero-order valence-electron chi connectivity index (χ0n) is 15.1. The number of para-hydroxylation sites is 1. The maximum absolute atomic E-state index is 11.8. The molecule has 0 aliphatic heterocycles. The summed E-state index contributed by atoms with van der Waals surface area (Å²) in [5.74, 6) is -0.00579. The van der Waals surface area contributed by atoms with E-state index in [0.717, 1.165) is 22.3 Å². The molecule has 0 fully saturated rings. The standard InChI is InChI=1S/C21H26O3/c1-13(2)17-8-6-7-9-19(17)24-20(21(22)23)12-18-15(4)10-14(3)11-16(18)5/h6-11,13,20H,12H2,1-5H3,(H,22,23). The summed E-state index contributed by atoms with van der Waals surface area (Å²) in [6.07, 6.45) is -0.537. The van der Waals surface area contributed by atoms with Gasteiger partial charge in [-0.15, -0.1) is 0 Å². The minimum absolute atomic E-state index is 0.276. The number of benzene rings is 2. The van der Waals surface area contributed by atoms with Crippen LogP contribution >= 0.6 is 0 Å². The SMILES string of the molecule is Cc1cc(C)c(CC(Oc2ccccc2C(C)C)C(=O)O)c(C)c1. The number of hydrogen-bond acceptors (Lipinski definition) is 2. The van der Waals surface area contributed by atoms with Gasteiger partial charge in [-0.2, -0.15) is 0 Å². The summed E-state index contributed by atoms with van der Waals surface area (Å²) in [6, 6.07) is 11.8. The van der Waals surface area contributed by atoms with Crippen LogP contribution in [0.1, 0.15) is 47.6 Å². The van der Waals surface area contributed by atoms with Gasteiger partial charge in [0.25, 0.3) is 0 Å². The van der Waals surface area contributed by atoms with Crippen LogP contribution in [0.25, 0.3) is 0 Å². The van der Waals surface area contributed by atoms with Crippen molar-refractivity contribution < 1.29 is 14.6 Å². The second-order valence-electron chi connectivity index (χ2n) is 6.72. The molecule has 3 heteroatoms. The molecule has 1 N–H and O–H groups in total. The lowest BCUT2D eigenvalue weighted by molar-refractivity contribution is -0.145. The second kappa shape index (κ2) is 7.52. The molecule has 0 spiro atoms. The lowest BCUT2D eigenvalue weighted by Crippen LogP contribution is -2.30. The first-order valence-electron chi connectivity index (χ1n) is 8.34. The van der Waals surface area contributed by atoms with Crippen LogP contribution in [-0.2, 0) is 11.2 Å². The quantitative estimate of drug-likeness (QED) is 0.828. The Balaban J connectivity index is 2.31. The molecule has 0 saturated carbocycles. The van der Waals surface area contributed by atoms with Gasteiger partial charge in [-0.25, -0.2) is 4.79 Å². The summed E-state index contributed by atoms with van der Waals surface area (Å²) in [6.45, 7) is 10.2. The normalized spacial score (nSPS) is 12.2. The van der Waals surface area contributed by atoms with Crippen LogP contribution in [-0.4, -0.2) is 17.2 Å². The fourth-order valence-corrected chi connectivity index (χ4v) is 3.11. The number of carboxylic acid groups (broad SMARTS) is 1. The molecule has 0 bridgehead atoms. The molecule has 0 aliphatic carbocycles. The Morgan fingerprint density at radius 2 is 1.67 bits per heavy atom. The van der Waals surface area contributed by atoms with Crippen molar-refractivity contribution in [1.82, 2.24) is 0 Å². The van der Waals surface area contributed by atoms with E-state index in [0.29, 0.717) is 12.2 Å². The molecule has 0 aromatic heterocycles. The zero-order valence-corrected chi connectivity index (χ0v) is 15.1. The van der Waals surface area contributed by atoms with E-state index >= 15 is 0 Å². The number of carboxylic acids is 1. The van der Waals surface area contributed by atoms with Gasteiger partial charge >= 0.3 is 5.97 Å². The maximum atomic E-state index is 11.8. The first kappa shape index (κ1) is 18.1. The average Bonchev–Trinajstić information content (AvgIpc) is 2.49. The number of hydrogen-bond donors (Lipinski definition) is 1. The fourth-order valence-electron chi connectivity index (χ4n) is 3.11. The van der Waals surface area contributed by atoms with Crippen LogP contribution < -0.4 is 4.74 Å². The van der Waals surface area contributed by atoms with Gasteiger partial charge in [0.15, 0.2) is 6.10 Å². The van der Waals surface area contributed by atoms with Crippen LogP contribution in [0.15, 0.2) is 36.4 Å². The Morgan fingerprint density at radius 1 is 1.08 bits per heavy atom. The highest BCUT2D eigenvalue weighted by Crippen LogP contribution is 2.28. The molecule has 2 aromatic rings. The van der Waals surface area contributed by atoms with Gasteiger partial charge in [-0.3, -0.25) is 0 Å². The zero-order chi connectivity index (χ0) is 17.9. The molecule has 0 heterocycles. The Bertz CT molecular complexity index is 709. The smallest absolute Gasteiger partial charge is 0.345 e. The highest BCUT2D eigenvalue weighted by atomic mass is 16.5. The number of rotatable bonds is 6. The summed E-state index contributed by atoms with van der Waals surface area (Å²) < 4.78 is 5.91. The van der Waals surface area contributed by atoms with Crippen molar-refractivity contribution in [2.45, 2.75) is 53.1 Å². The van der Waals surface area contributed by atoms with Gasteiger partial charge in [0.1, 0.15) is 5.75 Å². The van der Waals surface area contributed by atoms with Gasteiger partial charge in [-0.05, 0) is 55.0 Å². The summed E-state index contributed by atoms with van der Waals surface area (Å²) in [4.78, 5) is 11.8. The van der Waals surface area contributed by atoms with Crippen molar-refractivity contribution in [3.63, 3.8) is 0 Å². The minimum atomic E-state index is -0.937. The van der Waals surface area contributed by atoms with Crippen LogP contribution in [0.3, 0.4) is 0 Å². The van der Waals surface area contributed by atoms with E-state index in [2.05, 4.69) is 26.0 Å². The summed E-state index contributed by atoms with van der Waals surface area (Å²) >= 11 is 0. The molecule has 2 aromatic carbocycles. The third-order valence-corrected chi connectivity index (χ3v) is 4.32. The van der Waals surface area contributed by atoms with Gasteiger partial charge in [0.05, 0.1) is 0 Å². The largest absolute Gasteiger partial charge is 0.478 e. The van der Waals surface area contributed by atoms with Crippen LogP contribution in [0.2, 0.25) is 0 Å². The molecule has 3 nitrogen and oxygen atoms in total. The molecular weight excluding hydrogens is 300 g/mol. The third-order valence-electron chi connectivity index (χ3n) is 4.32. The van der Waals surface area contributed by atoms with E-state index in [-0.39, 0.29) is 5.92 Å². The van der Waals surface area contributed by atoms with Crippen molar-refractivity contribution in [2.24, 2.45) is 0 Å². The molecule has 1 unspecified atom stereocenters. The van der Waals surface area contributed by atoms with Gasteiger partial charge in [0, 0.05) is 6.42 Å². The van der Waals surface area contributed by atoms with Gasteiger partial charge in [-0.1, -0.05) is 49.7 Å². The lowest BCUT2D eigenvalue weighted by Gasteiger charge is -2.21. The fraction of sp³-hybridized carbons (Fsp3) is 0.381. The second-order valence-corrected chi connectivity index (χ2v) is 6.72. The molecule has 0 amide bonds. The molecule has 2 rings (SSSR count). The van der Waals surface area contributed by atoms with Gasteiger partial charge in [0.2, 0.25) is 0 Å². The van der Waals surface area contributed by atoms with Crippen molar-refractivity contribution in [3.8, 4) is 5.75 Å². The van der Waals surface area contributed by atoms with Crippen molar-refractivity contribution in [1.29, 1.82) is 0 Å². The Morgan fingerprint density at radius 3 is 2.21 bits per heavy atom. The Labute approximate surface area is 144 Å². The predicted molar refractivity (Wildman–Crippen MR) is 96.9 cm³/mol. The number of ether oxygens (including phenoxy) is 1. The summed E-state index contributed by atoms with van der Waals surface area (Å²) in [5, 5.41) is 9.64. The highest BCUT2D eigenvalue weighted by molar-refractivity contribution is 5.73. The van der Waals surface area contributed by atoms with E-state index in [4.69, 9.17) is 4.74 Å². The van der Waals surface area contributed by atoms with Crippen molar-refractivity contribution in [2.75, 3.05) is 0 Å². The molecule has 0 aliphatic rings. The van der Waals surface area contributed by atoms with E-state index in [1.165, 1.54) is 5.56 Å². The van der Waals surface area contributed by atoms with Gasteiger partial charge < -0.3 is 9.84 Å². The Hall–Kier alpha value is -2.29. The van der Waals surface area contributed by atoms with E-state index in [9.17, 15) is 9.90 Å². The number of aryl methyl sites for hydroxylation is 3. The molecule has 0 radical (unpaired) electrons. The number of carbonyl (C=O) groups is 1. The van der Waals surface area contributed by atoms with Crippen molar-refractivity contribution >= 4 is 5.97 Å². The molecule has 128 valence electrons. The minimum Gasteiger partial charge on any atom is -0.478 e. The summed E-state index contributed by atoms with van der Waals surface area (Å²) in [5.41, 5.74) is 5.49. The first-order chi connectivity index (χ1) is 11.3. The van der Waals surface area contributed by atoms with Crippen LogP contribution in [0, 0.1) is 20.8 Å². The summed E-state index contributed by atoms with van der Waals surface area (Å²) in [7, 11) is 0. The van der Waals surface area contributed by atoms with E-state index < -0.39 is 12.1 Å². The molecular formula is C21H26O3. The predicted octanol–water partition coefficient (Wildman–Crippen LogP) is 4.81. The van der Waals surface area contributed by atoms with Crippen LogP contribution in [0.4, 0.5) is 0 Å². The molecule has 1 atom stereocenters. The molecule has 0 saturated heterocycles. The van der Waals surface area contributed by atoms with Crippen molar-refractivity contribution in [3.05, 3.63) is 64.2 Å². The first-order valence-corrected chi connectivity index (χ1v) is 8.34. The van der Waals surface area contributed by atoms with E-state index in [1.54, 1.807) is 0 Å². The maximum Gasteiger partial charge on any atom is 0.345 e. The van der Waals surface area contributed by atoms with E-state index in [1.807, 2.05) is 45.0 Å². The average molecular weight is 326 g/mol. The topological polar surface area (TPSA) is 46.5 Å². The van der Waals surface area contributed by atoms with Crippen LogP contribution in [0.5, 0.6) is 5.75 Å². The monoisotopic (exact) mass is 326 g/mol. The highest BCUT2D eigenvalue weighted by Gasteiger charge is 2.23. The molecule has 24 heavy (non-hydrogen) atoms. The lowest BCUT2D eigenvalue weighted by atomic mass is 9.95. The third kappa shape index (κ3) is 4.16. The number of aliphatic carboxylic acids is 1. The Kier molecular flexibility index (Phi) is 5.66.